The highest BCUT2D eigenvalue weighted by Crippen LogP contribution is 2.28. The molecule has 0 spiro atoms. The molecule has 35 heavy (non-hydrogen) atoms. The number of allylic oxidation sites excluding steroid dienone is 1. The van der Waals surface area contributed by atoms with Crippen LogP contribution in [0.4, 0.5) is 0 Å². The molecule has 4 rings (SSSR count). The number of fused-ring (bicyclic) bond motifs is 1. The summed E-state index contributed by atoms with van der Waals surface area (Å²) in [5.41, 5.74) is 2.22. The van der Waals surface area contributed by atoms with Crippen LogP contribution >= 0.6 is 11.6 Å². The first-order valence-electron chi connectivity index (χ1n) is 10.5. The molecule has 0 N–H and O–H groups in total. The largest absolute Gasteiger partial charge is 0.438 e. The molecule has 7 nitrogen and oxygen atoms in total. The molecule has 9 heteroatoms. The molecular formula is C26H20ClN3O4S. The van der Waals surface area contributed by atoms with E-state index in [1.165, 1.54) is 34.9 Å². The number of hydrogen-bond donors (Lipinski definition) is 0. The molecule has 2 aromatic carbocycles. The second kappa shape index (κ2) is 9.37. The topological polar surface area (TPSA) is 102 Å². The summed E-state index contributed by atoms with van der Waals surface area (Å²) >= 11 is 5.87. The molecule has 0 radical (unpaired) electrons. The minimum atomic E-state index is -4.24. The number of ether oxygens (including phenoxy) is 1. The molecule has 0 aliphatic carbocycles. The van der Waals surface area contributed by atoms with Crippen molar-refractivity contribution in [2.75, 3.05) is 0 Å². The van der Waals surface area contributed by atoms with Crippen LogP contribution < -0.4 is 10.3 Å². The molecule has 2 aromatic heterocycles. The highest BCUT2D eigenvalue weighted by atomic mass is 35.5. The average Bonchev–Trinajstić information content (AvgIpc) is 2.79. The van der Waals surface area contributed by atoms with E-state index in [4.69, 9.17) is 16.3 Å². The first-order valence-corrected chi connectivity index (χ1v) is 12.4. The molecule has 0 bridgehead atoms. The van der Waals surface area contributed by atoms with E-state index in [0.717, 1.165) is 22.8 Å². The minimum Gasteiger partial charge on any atom is -0.438 e. The van der Waals surface area contributed by atoms with Gasteiger partial charge in [0.25, 0.3) is 5.56 Å². The number of pyridine rings is 1. The monoisotopic (exact) mass is 505 g/mol. The van der Waals surface area contributed by atoms with Crippen molar-refractivity contribution in [1.29, 1.82) is 5.26 Å². The maximum Gasteiger partial charge on any atom is 0.269 e. The Kier molecular flexibility index (Phi) is 6.48. The maximum atomic E-state index is 13.5. The molecule has 0 aliphatic rings. The minimum absolute atomic E-state index is 0.103. The van der Waals surface area contributed by atoms with Crippen molar-refractivity contribution in [3.63, 3.8) is 0 Å². The summed E-state index contributed by atoms with van der Waals surface area (Å²) in [5.74, 6) is 0.328. The van der Waals surface area contributed by atoms with Gasteiger partial charge in [0.2, 0.25) is 15.7 Å². The lowest BCUT2D eigenvalue weighted by Crippen LogP contribution is -2.20. The van der Waals surface area contributed by atoms with Gasteiger partial charge in [-0.15, -0.1) is 0 Å². The van der Waals surface area contributed by atoms with Gasteiger partial charge in [-0.25, -0.2) is 8.42 Å². The van der Waals surface area contributed by atoms with Gasteiger partial charge in [-0.3, -0.25) is 9.20 Å². The average molecular weight is 506 g/mol. The van der Waals surface area contributed by atoms with Gasteiger partial charge in [0.15, 0.2) is 0 Å². The number of halogens is 1. The van der Waals surface area contributed by atoms with Gasteiger partial charge in [0, 0.05) is 11.2 Å². The fraction of sp³-hybridized carbons (Fsp3) is 0.115. The van der Waals surface area contributed by atoms with Gasteiger partial charge in [-0.05, 0) is 86.0 Å². The van der Waals surface area contributed by atoms with Gasteiger partial charge in [-0.2, -0.15) is 10.2 Å². The first-order chi connectivity index (χ1) is 16.6. The van der Waals surface area contributed by atoms with Crippen LogP contribution in [-0.2, 0) is 9.84 Å². The maximum absolute atomic E-state index is 13.5. The number of nitriles is 1. The van der Waals surface area contributed by atoms with Crippen LogP contribution in [-0.4, -0.2) is 17.8 Å². The van der Waals surface area contributed by atoms with Gasteiger partial charge in [0.05, 0.1) is 4.90 Å². The van der Waals surface area contributed by atoms with E-state index in [1.807, 2.05) is 19.9 Å². The summed E-state index contributed by atoms with van der Waals surface area (Å²) in [6, 6.07) is 16.1. The van der Waals surface area contributed by atoms with Gasteiger partial charge in [0.1, 0.15) is 27.9 Å². The Bertz CT molecular complexity index is 1680. The second-order valence-corrected chi connectivity index (χ2v) is 10.4. The van der Waals surface area contributed by atoms with E-state index in [0.29, 0.717) is 16.4 Å². The highest BCUT2D eigenvalue weighted by molar-refractivity contribution is 7.95. The zero-order valence-corrected chi connectivity index (χ0v) is 20.7. The molecule has 0 fully saturated rings. The molecular weight excluding hydrogens is 486 g/mol. The quantitative estimate of drug-likeness (QED) is 0.336. The van der Waals surface area contributed by atoms with Crippen molar-refractivity contribution in [3.05, 3.63) is 103 Å². The summed E-state index contributed by atoms with van der Waals surface area (Å²) in [5, 5.41) is 10.1. The standard InChI is InChI=1S/C26H20ClN3O4S/c1-16-11-17(2)13-20(12-16)34-25-23(26(31)30-10-4-5-18(3)24(30)29-25)14-22(15-28)35(32,33)21-8-6-19(27)7-9-21/h4-14H,1-3H3. The third kappa shape index (κ3) is 4.83. The number of sulfone groups is 1. The number of benzene rings is 2. The Labute approximate surface area is 207 Å². The number of nitrogens with zero attached hydrogens (tertiary/aromatic N) is 3. The van der Waals surface area contributed by atoms with Crippen molar-refractivity contribution < 1.29 is 13.2 Å². The van der Waals surface area contributed by atoms with Crippen molar-refractivity contribution in [3.8, 4) is 17.7 Å². The fourth-order valence-corrected chi connectivity index (χ4v) is 4.91. The van der Waals surface area contributed by atoms with E-state index in [2.05, 4.69) is 4.98 Å². The molecule has 176 valence electrons. The SMILES string of the molecule is Cc1cc(C)cc(Oc2nc3c(C)cccn3c(=O)c2C=C(C#N)S(=O)(=O)c2ccc(Cl)cc2)c1. The molecule has 4 aromatic rings. The number of aromatic nitrogens is 2. The fourth-order valence-electron chi connectivity index (χ4n) is 3.64. The molecule has 0 saturated heterocycles. The van der Waals surface area contributed by atoms with Crippen LogP contribution in [0.2, 0.25) is 5.02 Å². The smallest absolute Gasteiger partial charge is 0.269 e. The van der Waals surface area contributed by atoms with Gasteiger partial charge >= 0.3 is 0 Å². The number of aryl methyl sites for hydroxylation is 3. The Morgan fingerprint density at radius 1 is 1.09 bits per heavy atom. The summed E-state index contributed by atoms with van der Waals surface area (Å²) in [7, 11) is -4.24. The number of rotatable bonds is 5. The van der Waals surface area contributed by atoms with Crippen molar-refractivity contribution in [1.82, 2.24) is 9.38 Å². The third-order valence-corrected chi connectivity index (χ3v) is 7.19. The van der Waals surface area contributed by atoms with Crippen LogP contribution in [0.15, 0.2) is 75.4 Å². The Morgan fingerprint density at radius 2 is 1.74 bits per heavy atom. The Morgan fingerprint density at radius 3 is 2.37 bits per heavy atom. The lowest BCUT2D eigenvalue weighted by Gasteiger charge is -2.12. The molecule has 0 unspecified atom stereocenters. The van der Waals surface area contributed by atoms with Crippen LogP contribution in [0.1, 0.15) is 22.3 Å². The van der Waals surface area contributed by atoms with E-state index in [9.17, 15) is 18.5 Å². The lowest BCUT2D eigenvalue weighted by molar-refractivity contribution is 0.460. The Balaban J connectivity index is 1.97. The highest BCUT2D eigenvalue weighted by Gasteiger charge is 2.24. The molecule has 2 heterocycles. The van der Waals surface area contributed by atoms with E-state index in [1.54, 1.807) is 37.3 Å². The second-order valence-electron chi connectivity index (χ2n) is 8.02. The third-order valence-electron chi connectivity index (χ3n) is 5.26. The molecule has 0 atom stereocenters. The van der Waals surface area contributed by atoms with Gasteiger partial charge in [-0.1, -0.05) is 23.7 Å². The molecule has 0 saturated carbocycles. The van der Waals surface area contributed by atoms with Crippen LogP contribution in [0.25, 0.3) is 11.7 Å². The Hall–Kier alpha value is -3.93. The summed E-state index contributed by atoms with van der Waals surface area (Å²) in [6.45, 7) is 5.60. The summed E-state index contributed by atoms with van der Waals surface area (Å²) in [6.07, 6.45) is 2.53. The molecule has 0 amide bonds. The van der Waals surface area contributed by atoms with Gasteiger partial charge < -0.3 is 4.74 Å². The summed E-state index contributed by atoms with van der Waals surface area (Å²) in [4.78, 5) is 17.2. The predicted molar refractivity (Wildman–Crippen MR) is 134 cm³/mol. The zero-order valence-electron chi connectivity index (χ0n) is 19.1. The van der Waals surface area contributed by atoms with Crippen molar-refractivity contribution in [2.24, 2.45) is 0 Å². The van der Waals surface area contributed by atoms with E-state index in [-0.39, 0.29) is 16.3 Å². The predicted octanol–water partition coefficient (Wildman–Crippen LogP) is 5.40. The van der Waals surface area contributed by atoms with Crippen LogP contribution in [0, 0.1) is 32.1 Å². The first kappa shape index (κ1) is 24.2. The zero-order chi connectivity index (χ0) is 25.3. The normalized spacial score (nSPS) is 11.9. The van der Waals surface area contributed by atoms with Crippen LogP contribution in [0.3, 0.4) is 0 Å². The van der Waals surface area contributed by atoms with Crippen LogP contribution in [0.5, 0.6) is 11.6 Å². The molecule has 0 aliphatic heterocycles. The van der Waals surface area contributed by atoms with Crippen molar-refractivity contribution in [2.45, 2.75) is 25.7 Å². The van der Waals surface area contributed by atoms with Crippen molar-refractivity contribution >= 4 is 33.2 Å². The van der Waals surface area contributed by atoms with E-state index < -0.39 is 20.3 Å². The summed E-state index contributed by atoms with van der Waals surface area (Å²) < 4.78 is 33.6. The lowest BCUT2D eigenvalue weighted by atomic mass is 10.1. The number of hydrogen-bond acceptors (Lipinski definition) is 6. The van der Waals surface area contributed by atoms with E-state index >= 15 is 0 Å².